The van der Waals surface area contributed by atoms with Gasteiger partial charge in [-0.2, -0.15) is 0 Å². The highest BCUT2D eigenvalue weighted by molar-refractivity contribution is 8.00. The van der Waals surface area contributed by atoms with E-state index in [9.17, 15) is 9.59 Å². The van der Waals surface area contributed by atoms with Crippen molar-refractivity contribution < 1.29 is 9.59 Å². The minimum Gasteiger partial charge on any atom is -0.339 e. The zero-order valence-electron chi connectivity index (χ0n) is 16.1. The van der Waals surface area contributed by atoms with Crippen molar-refractivity contribution in [2.24, 2.45) is 0 Å². The monoisotopic (exact) mass is 416 g/mol. The van der Waals surface area contributed by atoms with Crippen molar-refractivity contribution in [3.05, 3.63) is 64.7 Å². The van der Waals surface area contributed by atoms with Gasteiger partial charge in [0, 0.05) is 37.5 Å². The molecule has 0 bridgehead atoms. The Balaban J connectivity index is 1.41. The summed E-state index contributed by atoms with van der Waals surface area (Å²) in [6, 6.07) is 15.9. The summed E-state index contributed by atoms with van der Waals surface area (Å²) in [6.45, 7) is 4.40. The van der Waals surface area contributed by atoms with Gasteiger partial charge in [-0.05, 0) is 36.6 Å². The number of hydrogen-bond acceptors (Lipinski definition) is 3. The smallest absolute Gasteiger partial charge is 0.233 e. The Morgan fingerprint density at radius 3 is 2.25 bits per heavy atom. The molecule has 1 aliphatic heterocycles. The van der Waals surface area contributed by atoms with Crippen LogP contribution < -0.4 is 0 Å². The third kappa shape index (κ3) is 5.76. The van der Waals surface area contributed by atoms with Crippen molar-refractivity contribution in [2.45, 2.75) is 24.7 Å². The van der Waals surface area contributed by atoms with Crippen LogP contribution in [0.25, 0.3) is 0 Å². The normalized spacial score (nSPS) is 14.2. The van der Waals surface area contributed by atoms with Crippen LogP contribution in [0.4, 0.5) is 0 Å². The fraction of sp³-hybridized carbons (Fsp3) is 0.364. The molecular formula is C22H25ClN2O2S. The molecule has 2 aromatic carbocycles. The van der Waals surface area contributed by atoms with E-state index in [0.717, 1.165) is 16.9 Å². The maximum absolute atomic E-state index is 12.5. The topological polar surface area (TPSA) is 40.6 Å². The van der Waals surface area contributed by atoms with E-state index in [-0.39, 0.29) is 11.8 Å². The van der Waals surface area contributed by atoms with Crippen LogP contribution in [0.2, 0.25) is 5.02 Å². The summed E-state index contributed by atoms with van der Waals surface area (Å²) >= 11 is 7.70. The first-order chi connectivity index (χ1) is 13.5. The molecule has 0 aromatic heterocycles. The number of rotatable bonds is 6. The maximum atomic E-state index is 12.5. The van der Waals surface area contributed by atoms with Gasteiger partial charge in [-0.25, -0.2) is 0 Å². The highest BCUT2D eigenvalue weighted by Gasteiger charge is 2.24. The first kappa shape index (κ1) is 20.7. The van der Waals surface area contributed by atoms with Crippen LogP contribution in [0.5, 0.6) is 0 Å². The number of carbonyl (C=O) groups is 2. The van der Waals surface area contributed by atoms with E-state index < -0.39 is 0 Å². The Kier molecular flexibility index (Phi) is 7.40. The van der Waals surface area contributed by atoms with Crippen LogP contribution in [-0.4, -0.2) is 53.5 Å². The van der Waals surface area contributed by atoms with Gasteiger partial charge in [0.2, 0.25) is 11.8 Å². The van der Waals surface area contributed by atoms with E-state index in [4.69, 9.17) is 11.6 Å². The Morgan fingerprint density at radius 1 is 0.964 bits per heavy atom. The summed E-state index contributed by atoms with van der Waals surface area (Å²) in [5.41, 5.74) is 2.28. The average Bonchev–Trinajstić information content (AvgIpc) is 2.72. The van der Waals surface area contributed by atoms with Gasteiger partial charge in [0.15, 0.2) is 0 Å². The van der Waals surface area contributed by atoms with Gasteiger partial charge < -0.3 is 9.80 Å². The molecule has 0 atom stereocenters. The highest BCUT2D eigenvalue weighted by atomic mass is 35.5. The Morgan fingerprint density at radius 2 is 1.61 bits per heavy atom. The highest BCUT2D eigenvalue weighted by Crippen LogP contribution is 2.28. The average molecular weight is 417 g/mol. The van der Waals surface area contributed by atoms with E-state index in [1.807, 2.05) is 65.3 Å². The van der Waals surface area contributed by atoms with Gasteiger partial charge in [-0.1, -0.05) is 48.0 Å². The molecule has 2 amide bonds. The largest absolute Gasteiger partial charge is 0.339 e. The molecule has 1 aliphatic rings. The zero-order valence-corrected chi connectivity index (χ0v) is 17.6. The van der Waals surface area contributed by atoms with Crippen molar-refractivity contribution >= 4 is 35.2 Å². The van der Waals surface area contributed by atoms with Gasteiger partial charge in [0.1, 0.15) is 0 Å². The number of nitrogens with zero attached hydrogens (tertiary/aromatic N) is 2. The molecule has 0 radical (unpaired) electrons. The maximum Gasteiger partial charge on any atom is 0.233 e. The first-order valence-electron chi connectivity index (χ1n) is 9.51. The Hall–Kier alpha value is -1.98. The van der Waals surface area contributed by atoms with E-state index in [1.54, 1.807) is 0 Å². The first-order valence-corrected chi connectivity index (χ1v) is 10.9. The summed E-state index contributed by atoms with van der Waals surface area (Å²) in [5, 5.41) is 0.687. The summed E-state index contributed by atoms with van der Waals surface area (Å²) in [5.74, 6) is 0.625. The van der Waals surface area contributed by atoms with E-state index >= 15 is 0 Å². The van der Waals surface area contributed by atoms with Gasteiger partial charge in [-0.3, -0.25) is 9.59 Å². The standard InChI is InChI=1S/C22H25ClN2O2S/c1-17-7-9-20(19(23)15-17)28-16-22(27)25-13-11-24(12-14-25)21(26)10-8-18-5-3-2-4-6-18/h2-7,9,15H,8,10-14,16H2,1H3. The van der Waals surface area contributed by atoms with Crippen LogP contribution >= 0.6 is 23.4 Å². The van der Waals surface area contributed by atoms with Crippen molar-refractivity contribution in [1.29, 1.82) is 0 Å². The predicted octanol–water partition coefficient (Wildman–Crippen LogP) is 4.04. The molecule has 0 N–H and O–H groups in total. The summed E-state index contributed by atoms with van der Waals surface area (Å²) < 4.78 is 0. The molecule has 0 unspecified atom stereocenters. The summed E-state index contributed by atoms with van der Waals surface area (Å²) in [4.78, 5) is 29.6. The lowest BCUT2D eigenvalue weighted by molar-refractivity contribution is -0.138. The molecule has 4 nitrogen and oxygen atoms in total. The Bertz CT molecular complexity index is 821. The SMILES string of the molecule is Cc1ccc(SCC(=O)N2CCN(C(=O)CCc3ccccc3)CC2)c(Cl)c1. The van der Waals surface area contributed by atoms with E-state index in [1.165, 1.54) is 17.3 Å². The molecule has 2 aromatic rings. The van der Waals surface area contributed by atoms with Crippen LogP contribution in [0.1, 0.15) is 17.5 Å². The summed E-state index contributed by atoms with van der Waals surface area (Å²) in [7, 11) is 0. The fourth-order valence-corrected chi connectivity index (χ4v) is 4.43. The van der Waals surface area contributed by atoms with Crippen molar-refractivity contribution in [1.82, 2.24) is 9.80 Å². The molecule has 1 heterocycles. The van der Waals surface area contributed by atoms with Crippen molar-refractivity contribution in [3.8, 4) is 0 Å². The third-order valence-electron chi connectivity index (χ3n) is 4.89. The van der Waals surface area contributed by atoms with Gasteiger partial charge in [0.05, 0.1) is 10.8 Å². The quantitative estimate of drug-likeness (QED) is 0.667. The minimum atomic E-state index is 0.0954. The number of benzene rings is 2. The number of thioether (sulfide) groups is 1. The number of amides is 2. The van der Waals surface area contributed by atoms with Crippen LogP contribution in [0.3, 0.4) is 0 Å². The number of piperazine rings is 1. The van der Waals surface area contributed by atoms with Crippen LogP contribution in [0, 0.1) is 6.92 Å². The molecule has 1 fully saturated rings. The van der Waals surface area contributed by atoms with Gasteiger partial charge in [-0.15, -0.1) is 11.8 Å². The minimum absolute atomic E-state index is 0.0954. The number of halogens is 1. The number of aryl methyl sites for hydroxylation is 2. The van der Waals surface area contributed by atoms with Gasteiger partial charge >= 0.3 is 0 Å². The van der Waals surface area contributed by atoms with Crippen molar-refractivity contribution in [3.63, 3.8) is 0 Å². The predicted molar refractivity (Wildman–Crippen MR) is 115 cm³/mol. The molecule has 1 saturated heterocycles. The molecular weight excluding hydrogens is 392 g/mol. The molecule has 0 aliphatic carbocycles. The lowest BCUT2D eigenvalue weighted by Gasteiger charge is -2.35. The fourth-order valence-electron chi connectivity index (χ4n) is 3.21. The molecule has 28 heavy (non-hydrogen) atoms. The number of carbonyl (C=O) groups excluding carboxylic acids is 2. The molecule has 0 spiro atoms. The lowest BCUT2D eigenvalue weighted by atomic mass is 10.1. The number of hydrogen-bond donors (Lipinski definition) is 0. The zero-order chi connectivity index (χ0) is 19.9. The van der Waals surface area contributed by atoms with Crippen LogP contribution in [-0.2, 0) is 16.0 Å². The Labute approximate surface area is 175 Å². The second-order valence-corrected chi connectivity index (χ2v) is 8.39. The molecule has 6 heteroatoms. The second kappa shape index (κ2) is 9.99. The molecule has 0 saturated carbocycles. The second-order valence-electron chi connectivity index (χ2n) is 6.97. The molecule has 3 rings (SSSR count). The third-order valence-corrected chi connectivity index (χ3v) is 6.38. The van der Waals surface area contributed by atoms with E-state index in [2.05, 4.69) is 0 Å². The lowest BCUT2D eigenvalue weighted by Crippen LogP contribution is -2.51. The molecule has 148 valence electrons. The van der Waals surface area contributed by atoms with E-state index in [0.29, 0.717) is 43.4 Å². The van der Waals surface area contributed by atoms with Crippen molar-refractivity contribution in [2.75, 3.05) is 31.9 Å². The summed E-state index contributed by atoms with van der Waals surface area (Å²) in [6.07, 6.45) is 1.27. The van der Waals surface area contributed by atoms with Crippen LogP contribution in [0.15, 0.2) is 53.4 Å². The van der Waals surface area contributed by atoms with Gasteiger partial charge in [0.25, 0.3) is 0 Å².